The van der Waals surface area contributed by atoms with Gasteiger partial charge in [-0.1, -0.05) is 30.3 Å². The topological polar surface area (TPSA) is 67.8 Å². The first-order chi connectivity index (χ1) is 10.7. The van der Waals surface area contributed by atoms with Crippen LogP contribution in [0.25, 0.3) is 0 Å². The number of aliphatic hydroxyl groups excluding tert-OH is 1. The highest BCUT2D eigenvalue weighted by Crippen LogP contribution is 2.25. The SMILES string of the molecule is COC(=O)[C@H](O)[C@H](Nc1ccc(OC)cc1)c1ccccc1. The summed E-state index contributed by atoms with van der Waals surface area (Å²) in [5, 5.41) is 13.4. The lowest BCUT2D eigenvalue weighted by atomic mass is 10.0. The zero-order valence-electron chi connectivity index (χ0n) is 12.5. The third kappa shape index (κ3) is 3.77. The van der Waals surface area contributed by atoms with Crippen LogP contribution in [0.3, 0.4) is 0 Å². The molecule has 0 aliphatic heterocycles. The molecule has 0 saturated carbocycles. The first kappa shape index (κ1) is 15.9. The van der Waals surface area contributed by atoms with Crippen LogP contribution in [0.4, 0.5) is 5.69 Å². The van der Waals surface area contributed by atoms with E-state index in [4.69, 9.17) is 4.74 Å². The average molecular weight is 301 g/mol. The summed E-state index contributed by atoms with van der Waals surface area (Å²) in [6, 6.07) is 15.9. The lowest BCUT2D eigenvalue weighted by molar-refractivity contribution is -0.151. The minimum Gasteiger partial charge on any atom is -0.497 e. The number of carbonyl (C=O) groups is 1. The van der Waals surface area contributed by atoms with E-state index in [-0.39, 0.29) is 0 Å². The number of esters is 1. The van der Waals surface area contributed by atoms with E-state index in [0.717, 1.165) is 17.0 Å². The van der Waals surface area contributed by atoms with Gasteiger partial charge in [0.1, 0.15) is 5.75 Å². The van der Waals surface area contributed by atoms with E-state index in [9.17, 15) is 9.90 Å². The largest absolute Gasteiger partial charge is 0.497 e. The van der Waals surface area contributed by atoms with Crippen molar-refractivity contribution in [2.75, 3.05) is 19.5 Å². The zero-order valence-corrected chi connectivity index (χ0v) is 12.5. The molecule has 0 aliphatic carbocycles. The van der Waals surface area contributed by atoms with Crippen molar-refractivity contribution in [2.24, 2.45) is 0 Å². The molecule has 5 heteroatoms. The number of benzene rings is 2. The van der Waals surface area contributed by atoms with Crippen molar-refractivity contribution in [1.82, 2.24) is 0 Å². The van der Waals surface area contributed by atoms with Gasteiger partial charge in [0.15, 0.2) is 6.10 Å². The van der Waals surface area contributed by atoms with Crippen LogP contribution in [0.1, 0.15) is 11.6 Å². The Morgan fingerprint density at radius 3 is 2.23 bits per heavy atom. The first-order valence-electron chi connectivity index (χ1n) is 6.87. The molecule has 0 amide bonds. The van der Waals surface area contributed by atoms with Crippen LogP contribution in [0.2, 0.25) is 0 Å². The van der Waals surface area contributed by atoms with Gasteiger partial charge in [0, 0.05) is 5.69 Å². The Balaban J connectivity index is 2.25. The number of hydrogen-bond donors (Lipinski definition) is 2. The van der Waals surface area contributed by atoms with Crippen molar-refractivity contribution in [2.45, 2.75) is 12.1 Å². The Morgan fingerprint density at radius 1 is 1.05 bits per heavy atom. The van der Waals surface area contributed by atoms with Gasteiger partial charge in [0.05, 0.1) is 20.3 Å². The van der Waals surface area contributed by atoms with Gasteiger partial charge < -0.3 is 19.9 Å². The van der Waals surface area contributed by atoms with E-state index in [1.807, 2.05) is 42.5 Å². The number of aliphatic hydroxyl groups is 1. The van der Waals surface area contributed by atoms with E-state index in [2.05, 4.69) is 10.1 Å². The lowest BCUT2D eigenvalue weighted by Gasteiger charge is -2.24. The number of methoxy groups -OCH3 is 2. The van der Waals surface area contributed by atoms with Crippen molar-refractivity contribution in [3.05, 3.63) is 60.2 Å². The minimum absolute atomic E-state index is 0.609. The molecule has 0 radical (unpaired) electrons. The Morgan fingerprint density at radius 2 is 1.68 bits per heavy atom. The molecule has 2 aromatic carbocycles. The number of nitrogens with one attached hydrogen (secondary N) is 1. The van der Waals surface area contributed by atoms with Crippen molar-refractivity contribution >= 4 is 11.7 Å². The number of hydrogen-bond acceptors (Lipinski definition) is 5. The van der Waals surface area contributed by atoms with Crippen molar-refractivity contribution in [1.29, 1.82) is 0 Å². The predicted molar refractivity (Wildman–Crippen MR) is 83.8 cm³/mol. The molecular formula is C17H19NO4. The Hall–Kier alpha value is -2.53. The van der Waals surface area contributed by atoms with Crippen LogP contribution in [-0.2, 0) is 9.53 Å². The maximum Gasteiger partial charge on any atom is 0.337 e. The second-order valence-electron chi connectivity index (χ2n) is 4.73. The van der Waals surface area contributed by atoms with Crippen molar-refractivity contribution in [3.63, 3.8) is 0 Å². The summed E-state index contributed by atoms with van der Waals surface area (Å²) in [5.74, 6) is 0.0465. The Bertz CT molecular complexity index is 598. The van der Waals surface area contributed by atoms with Crippen molar-refractivity contribution in [3.8, 4) is 5.75 Å². The molecule has 0 unspecified atom stereocenters. The maximum atomic E-state index is 11.7. The van der Waals surface area contributed by atoms with Gasteiger partial charge in [-0.05, 0) is 29.8 Å². The second-order valence-corrected chi connectivity index (χ2v) is 4.73. The fraction of sp³-hybridized carbons (Fsp3) is 0.235. The summed E-state index contributed by atoms with van der Waals surface area (Å²) in [4.78, 5) is 11.7. The highest BCUT2D eigenvalue weighted by molar-refractivity contribution is 5.76. The molecule has 0 saturated heterocycles. The molecule has 0 aliphatic rings. The smallest absolute Gasteiger partial charge is 0.337 e. The molecule has 116 valence electrons. The Labute approximate surface area is 129 Å². The molecule has 2 rings (SSSR count). The van der Waals surface area contributed by atoms with Crippen LogP contribution >= 0.6 is 0 Å². The third-order valence-corrected chi connectivity index (χ3v) is 3.33. The molecule has 0 bridgehead atoms. The van der Waals surface area contributed by atoms with Gasteiger partial charge in [-0.2, -0.15) is 0 Å². The highest BCUT2D eigenvalue weighted by atomic mass is 16.5. The number of ether oxygens (including phenoxy) is 2. The number of anilines is 1. The summed E-state index contributed by atoms with van der Waals surface area (Å²) in [6.07, 6.45) is -1.31. The summed E-state index contributed by atoms with van der Waals surface area (Å²) < 4.78 is 9.75. The van der Waals surface area contributed by atoms with E-state index in [1.165, 1.54) is 7.11 Å². The maximum absolute atomic E-state index is 11.7. The fourth-order valence-electron chi connectivity index (χ4n) is 2.13. The third-order valence-electron chi connectivity index (χ3n) is 3.33. The van der Waals surface area contributed by atoms with Crippen LogP contribution < -0.4 is 10.1 Å². The number of rotatable bonds is 6. The molecule has 2 atom stereocenters. The van der Waals surface area contributed by atoms with Crippen LogP contribution in [0.15, 0.2) is 54.6 Å². The molecular weight excluding hydrogens is 282 g/mol. The zero-order chi connectivity index (χ0) is 15.9. The molecule has 0 fully saturated rings. The van der Waals surface area contributed by atoms with Crippen LogP contribution in [0.5, 0.6) is 5.75 Å². The van der Waals surface area contributed by atoms with Gasteiger partial charge in [0.25, 0.3) is 0 Å². The first-order valence-corrected chi connectivity index (χ1v) is 6.87. The van der Waals surface area contributed by atoms with Crippen molar-refractivity contribution < 1.29 is 19.4 Å². The van der Waals surface area contributed by atoms with E-state index >= 15 is 0 Å². The van der Waals surface area contributed by atoms with Crippen LogP contribution in [0, 0.1) is 0 Å². The number of carbonyl (C=O) groups excluding carboxylic acids is 1. The van der Waals surface area contributed by atoms with Gasteiger partial charge in [-0.15, -0.1) is 0 Å². The predicted octanol–water partition coefficient (Wildman–Crippen LogP) is 2.38. The summed E-state index contributed by atoms with van der Waals surface area (Å²) in [5.41, 5.74) is 1.55. The summed E-state index contributed by atoms with van der Waals surface area (Å²) in [7, 11) is 2.84. The fourth-order valence-corrected chi connectivity index (χ4v) is 2.13. The van der Waals surface area contributed by atoms with E-state index < -0.39 is 18.1 Å². The van der Waals surface area contributed by atoms with Gasteiger partial charge in [-0.25, -0.2) is 4.79 Å². The summed E-state index contributed by atoms with van der Waals surface area (Å²) >= 11 is 0. The molecule has 2 N–H and O–H groups in total. The normalized spacial score (nSPS) is 13.0. The molecule has 2 aromatic rings. The lowest BCUT2D eigenvalue weighted by Crippen LogP contribution is -2.33. The summed E-state index contributed by atoms with van der Waals surface area (Å²) in [6.45, 7) is 0. The molecule has 22 heavy (non-hydrogen) atoms. The monoisotopic (exact) mass is 301 g/mol. The molecule has 5 nitrogen and oxygen atoms in total. The van der Waals surface area contributed by atoms with Gasteiger partial charge in [0.2, 0.25) is 0 Å². The molecule has 0 spiro atoms. The van der Waals surface area contributed by atoms with Gasteiger partial charge >= 0.3 is 5.97 Å². The van der Waals surface area contributed by atoms with E-state index in [1.54, 1.807) is 19.2 Å². The Kier molecular flexibility index (Phi) is 5.38. The van der Waals surface area contributed by atoms with Crippen LogP contribution in [-0.4, -0.2) is 31.4 Å². The molecule has 0 aromatic heterocycles. The standard InChI is InChI=1S/C17H19NO4/c1-21-14-10-8-13(9-11-14)18-15(16(19)17(20)22-2)12-6-4-3-5-7-12/h3-11,15-16,18-19H,1-2H3/t15-,16-/m1/s1. The second kappa shape index (κ2) is 7.47. The minimum atomic E-state index is -1.31. The quantitative estimate of drug-likeness (QED) is 0.802. The highest BCUT2D eigenvalue weighted by Gasteiger charge is 2.28. The average Bonchev–Trinajstić information content (AvgIpc) is 2.59. The molecule has 0 heterocycles. The van der Waals surface area contributed by atoms with Gasteiger partial charge in [-0.3, -0.25) is 0 Å². The van der Waals surface area contributed by atoms with E-state index in [0.29, 0.717) is 0 Å².